The zero-order chi connectivity index (χ0) is 13.7. The predicted molar refractivity (Wildman–Crippen MR) is 77.2 cm³/mol. The average molecular weight is 276 g/mol. The van der Waals surface area contributed by atoms with Gasteiger partial charge >= 0.3 is 0 Å². The number of nitrogens with two attached hydrogens (primary N) is 1. The summed E-state index contributed by atoms with van der Waals surface area (Å²) in [6.45, 7) is 4.61. The molecule has 1 atom stereocenters. The topological polar surface area (TPSA) is 70.8 Å². The number of hydrogen-bond acceptors (Lipinski definition) is 7. The number of nitrogens with zero attached hydrogens (tertiary/aromatic N) is 5. The molecule has 2 N–H and O–H groups in total. The number of aromatic nitrogens is 2. The smallest absolute Gasteiger partial charge is 0.224 e. The Hall–Kier alpha value is -1.76. The van der Waals surface area contributed by atoms with Crippen LogP contribution < -0.4 is 20.3 Å². The summed E-state index contributed by atoms with van der Waals surface area (Å²) in [4.78, 5) is 15.7. The molecule has 20 heavy (non-hydrogen) atoms. The van der Waals surface area contributed by atoms with Gasteiger partial charge in [0, 0.05) is 19.6 Å². The Morgan fingerprint density at radius 2 is 2.05 bits per heavy atom. The van der Waals surface area contributed by atoms with Crippen LogP contribution in [0.5, 0.6) is 5.75 Å². The first-order valence-corrected chi connectivity index (χ1v) is 7.23. The van der Waals surface area contributed by atoms with E-state index in [-0.39, 0.29) is 0 Å². The van der Waals surface area contributed by atoms with Crippen molar-refractivity contribution < 1.29 is 4.74 Å². The molecule has 4 rings (SSSR count). The van der Waals surface area contributed by atoms with Crippen LogP contribution in [0, 0.1) is 0 Å². The first-order chi connectivity index (χ1) is 9.72. The number of hydrogen-bond donors (Lipinski definition) is 1. The molecule has 0 bridgehead atoms. The number of nitrogen functional groups attached to an aromatic ring is 1. The summed E-state index contributed by atoms with van der Waals surface area (Å²) in [5, 5.41) is 0. The molecule has 3 aliphatic heterocycles. The van der Waals surface area contributed by atoms with E-state index in [1.165, 1.54) is 12.8 Å². The Bertz CT molecular complexity index is 536. The zero-order valence-corrected chi connectivity index (χ0v) is 11.7. The summed E-state index contributed by atoms with van der Waals surface area (Å²) in [5.41, 5.74) is 5.92. The van der Waals surface area contributed by atoms with E-state index in [9.17, 15) is 0 Å². The second-order valence-corrected chi connectivity index (χ2v) is 5.84. The highest BCUT2D eigenvalue weighted by molar-refractivity contribution is 5.70. The standard InChI is InChI=1S/C13H20N6O/c1-17-5-6-18(8-17)11-10-12(16-13(14)15-11)19-4-2-3-9(19)7-20-10/h9H,2-8H2,1H3,(H2,14,15,16). The average Bonchev–Trinajstić information content (AvgIpc) is 3.06. The zero-order valence-electron chi connectivity index (χ0n) is 11.7. The van der Waals surface area contributed by atoms with Gasteiger partial charge in [0.15, 0.2) is 11.6 Å². The van der Waals surface area contributed by atoms with Gasteiger partial charge in [0.05, 0.1) is 12.7 Å². The molecule has 0 radical (unpaired) electrons. The van der Waals surface area contributed by atoms with Crippen molar-refractivity contribution in [3.05, 3.63) is 0 Å². The van der Waals surface area contributed by atoms with Crippen LogP contribution in [0.15, 0.2) is 0 Å². The molecule has 2 fully saturated rings. The molecule has 3 aliphatic rings. The third-order valence-electron chi connectivity index (χ3n) is 4.38. The van der Waals surface area contributed by atoms with Crippen molar-refractivity contribution in [3.8, 4) is 5.75 Å². The van der Waals surface area contributed by atoms with Gasteiger partial charge in [-0.3, -0.25) is 4.90 Å². The van der Waals surface area contributed by atoms with E-state index in [0.717, 1.165) is 50.3 Å². The Morgan fingerprint density at radius 3 is 2.85 bits per heavy atom. The molecule has 2 saturated heterocycles. The van der Waals surface area contributed by atoms with Gasteiger partial charge in [-0.05, 0) is 19.9 Å². The van der Waals surface area contributed by atoms with Crippen LogP contribution in [-0.4, -0.2) is 60.9 Å². The molecule has 0 amide bonds. The molecule has 1 aromatic heterocycles. The van der Waals surface area contributed by atoms with Gasteiger partial charge < -0.3 is 20.3 Å². The maximum Gasteiger partial charge on any atom is 0.224 e. The maximum atomic E-state index is 5.99. The minimum atomic E-state index is 0.337. The molecular formula is C13H20N6O. The summed E-state index contributed by atoms with van der Waals surface area (Å²) in [7, 11) is 2.11. The minimum absolute atomic E-state index is 0.337. The fourth-order valence-corrected chi connectivity index (χ4v) is 3.35. The molecule has 108 valence electrons. The van der Waals surface area contributed by atoms with Crippen LogP contribution in [0.1, 0.15) is 12.8 Å². The Balaban J connectivity index is 1.77. The van der Waals surface area contributed by atoms with E-state index in [4.69, 9.17) is 10.5 Å². The van der Waals surface area contributed by atoms with Crippen molar-refractivity contribution in [1.29, 1.82) is 0 Å². The van der Waals surface area contributed by atoms with E-state index >= 15 is 0 Å². The second kappa shape index (κ2) is 4.37. The Morgan fingerprint density at radius 1 is 1.20 bits per heavy atom. The van der Waals surface area contributed by atoms with Gasteiger partial charge in [0.1, 0.15) is 6.61 Å². The minimum Gasteiger partial charge on any atom is -0.484 e. The number of likely N-dealkylation sites (N-methyl/N-ethyl adjacent to an activating group) is 1. The molecule has 0 aromatic carbocycles. The molecule has 1 aromatic rings. The molecule has 1 unspecified atom stereocenters. The summed E-state index contributed by atoms with van der Waals surface area (Å²) in [5.74, 6) is 2.88. The van der Waals surface area contributed by atoms with Crippen LogP contribution in [0.4, 0.5) is 17.6 Å². The number of ether oxygens (including phenoxy) is 1. The fraction of sp³-hybridized carbons (Fsp3) is 0.692. The van der Waals surface area contributed by atoms with Crippen molar-refractivity contribution in [2.75, 3.05) is 55.5 Å². The van der Waals surface area contributed by atoms with Gasteiger partial charge in [0.25, 0.3) is 0 Å². The summed E-state index contributed by atoms with van der Waals surface area (Å²) in [6, 6.07) is 0.450. The van der Waals surface area contributed by atoms with Gasteiger partial charge in [-0.15, -0.1) is 0 Å². The molecule has 7 nitrogen and oxygen atoms in total. The quantitative estimate of drug-likeness (QED) is 0.781. The lowest BCUT2D eigenvalue weighted by molar-refractivity contribution is 0.269. The maximum absolute atomic E-state index is 5.99. The van der Waals surface area contributed by atoms with Crippen molar-refractivity contribution >= 4 is 17.6 Å². The first kappa shape index (κ1) is 12.0. The van der Waals surface area contributed by atoms with Crippen molar-refractivity contribution in [2.24, 2.45) is 0 Å². The van der Waals surface area contributed by atoms with Gasteiger partial charge in [0.2, 0.25) is 11.7 Å². The molecule has 0 saturated carbocycles. The van der Waals surface area contributed by atoms with Crippen LogP contribution >= 0.6 is 0 Å². The second-order valence-electron chi connectivity index (χ2n) is 5.84. The summed E-state index contributed by atoms with van der Waals surface area (Å²) in [6.07, 6.45) is 2.37. The van der Waals surface area contributed by atoms with Gasteiger partial charge in [-0.1, -0.05) is 0 Å². The van der Waals surface area contributed by atoms with E-state index in [2.05, 4.69) is 31.7 Å². The normalized spacial score (nSPS) is 25.6. The molecule has 4 heterocycles. The van der Waals surface area contributed by atoms with Crippen molar-refractivity contribution in [1.82, 2.24) is 14.9 Å². The monoisotopic (exact) mass is 276 g/mol. The van der Waals surface area contributed by atoms with Crippen LogP contribution in [-0.2, 0) is 0 Å². The van der Waals surface area contributed by atoms with Crippen LogP contribution in [0.2, 0.25) is 0 Å². The highest BCUT2D eigenvalue weighted by atomic mass is 16.5. The van der Waals surface area contributed by atoms with E-state index in [1.54, 1.807) is 0 Å². The van der Waals surface area contributed by atoms with E-state index in [1.807, 2.05) is 0 Å². The van der Waals surface area contributed by atoms with Crippen molar-refractivity contribution in [2.45, 2.75) is 18.9 Å². The van der Waals surface area contributed by atoms with Crippen LogP contribution in [0.25, 0.3) is 0 Å². The van der Waals surface area contributed by atoms with E-state index < -0.39 is 0 Å². The fourth-order valence-electron chi connectivity index (χ4n) is 3.35. The Labute approximate surface area is 118 Å². The lowest BCUT2D eigenvalue weighted by Gasteiger charge is -2.34. The molecule has 7 heteroatoms. The predicted octanol–water partition coefficient (Wildman–Crippen LogP) is 0.129. The molecular weight excluding hydrogens is 256 g/mol. The Kier molecular flexibility index (Phi) is 2.63. The highest BCUT2D eigenvalue weighted by Crippen LogP contribution is 2.42. The first-order valence-electron chi connectivity index (χ1n) is 7.23. The van der Waals surface area contributed by atoms with Crippen LogP contribution in [0.3, 0.4) is 0 Å². The molecule has 0 spiro atoms. The summed E-state index contributed by atoms with van der Waals surface area (Å²) >= 11 is 0. The third-order valence-corrected chi connectivity index (χ3v) is 4.38. The van der Waals surface area contributed by atoms with E-state index in [0.29, 0.717) is 12.0 Å². The van der Waals surface area contributed by atoms with Crippen molar-refractivity contribution in [3.63, 3.8) is 0 Å². The SMILES string of the molecule is CN1CCN(c2nc(N)nc3c2OCC2CCCN32)C1. The molecule has 0 aliphatic carbocycles. The number of anilines is 3. The number of rotatable bonds is 1. The highest BCUT2D eigenvalue weighted by Gasteiger charge is 2.36. The number of fused-ring (bicyclic) bond motifs is 3. The lowest BCUT2D eigenvalue weighted by atomic mass is 10.2. The summed E-state index contributed by atoms with van der Waals surface area (Å²) < 4.78 is 5.99. The van der Waals surface area contributed by atoms with Gasteiger partial charge in [-0.25, -0.2) is 0 Å². The largest absolute Gasteiger partial charge is 0.484 e. The lowest BCUT2D eigenvalue weighted by Crippen LogP contribution is -2.40. The van der Waals surface area contributed by atoms with Gasteiger partial charge in [-0.2, -0.15) is 9.97 Å². The third kappa shape index (κ3) is 1.76.